The summed E-state index contributed by atoms with van der Waals surface area (Å²) in [7, 11) is 0. The Morgan fingerprint density at radius 2 is 1.65 bits per heavy atom. The fourth-order valence-corrected chi connectivity index (χ4v) is 3.01. The molecule has 4 rings (SSSR count). The summed E-state index contributed by atoms with van der Waals surface area (Å²) in [5.74, 6) is 0.891. The molecule has 2 N–H and O–H groups in total. The Labute approximate surface area is 160 Å². The number of fused-ring (bicyclic) bond motifs is 1. The average Bonchev–Trinajstić information content (AvgIpc) is 3.09. The Morgan fingerprint density at radius 1 is 0.923 bits per heavy atom. The lowest BCUT2D eigenvalue weighted by Crippen LogP contribution is -2.09. The molecule has 0 bridgehead atoms. The van der Waals surface area contributed by atoms with E-state index in [1.165, 1.54) is 0 Å². The summed E-state index contributed by atoms with van der Waals surface area (Å²) in [5, 5.41) is 4.65. The van der Waals surface area contributed by atoms with Crippen LogP contribution in [-0.4, -0.2) is 15.7 Å². The molecule has 0 unspecified atom stereocenters. The zero-order valence-corrected chi connectivity index (χ0v) is 15.6. The normalized spacial score (nSPS) is 11.7. The van der Waals surface area contributed by atoms with Crippen LogP contribution in [0.25, 0.3) is 11.0 Å². The first-order valence-electron chi connectivity index (χ1n) is 8.35. The first-order chi connectivity index (χ1) is 12.8. The quantitative estimate of drug-likeness (QED) is 0.346. The summed E-state index contributed by atoms with van der Waals surface area (Å²) in [6, 6.07) is 26.1. The molecular formula is C21H17BrN4. The maximum Gasteiger partial charge on any atom is 0.113 e. The number of rotatable bonds is 5. The van der Waals surface area contributed by atoms with Gasteiger partial charge in [-0.2, -0.15) is 5.10 Å². The number of hydrogen-bond acceptors (Lipinski definition) is 3. The minimum Gasteiger partial charge on any atom is -0.342 e. The molecule has 128 valence electrons. The molecular weight excluding hydrogens is 388 g/mol. The molecule has 0 aliphatic carbocycles. The highest BCUT2D eigenvalue weighted by atomic mass is 79.9. The Morgan fingerprint density at radius 3 is 2.42 bits per heavy atom. The number of hydrazone groups is 1. The zero-order chi connectivity index (χ0) is 17.8. The molecule has 3 aromatic carbocycles. The van der Waals surface area contributed by atoms with Crippen LogP contribution in [0.3, 0.4) is 0 Å². The van der Waals surface area contributed by atoms with Crippen molar-refractivity contribution in [1.29, 1.82) is 0 Å². The Hall–Kier alpha value is -2.92. The Kier molecular flexibility index (Phi) is 4.80. The van der Waals surface area contributed by atoms with Crippen LogP contribution in [-0.2, 0) is 6.42 Å². The van der Waals surface area contributed by atoms with Gasteiger partial charge in [0.25, 0.3) is 0 Å². The van der Waals surface area contributed by atoms with Gasteiger partial charge in [-0.15, -0.1) is 0 Å². The van der Waals surface area contributed by atoms with Crippen molar-refractivity contribution in [3.8, 4) is 0 Å². The van der Waals surface area contributed by atoms with E-state index in [4.69, 9.17) is 0 Å². The Balaban J connectivity index is 1.66. The molecule has 0 atom stereocenters. The number of benzene rings is 3. The van der Waals surface area contributed by atoms with Crippen molar-refractivity contribution in [2.75, 3.05) is 5.43 Å². The minimum absolute atomic E-state index is 0.607. The molecule has 5 heteroatoms. The van der Waals surface area contributed by atoms with Gasteiger partial charge in [0, 0.05) is 4.47 Å². The number of nitrogens with zero attached hydrogens (tertiary/aromatic N) is 2. The number of aromatic nitrogens is 2. The van der Waals surface area contributed by atoms with Gasteiger partial charge >= 0.3 is 0 Å². The highest BCUT2D eigenvalue weighted by Crippen LogP contribution is 2.16. The first-order valence-corrected chi connectivity index (χ1v) is 9.14. The van der Waals surface area contributed by atoms with E-state index in [-0.39, 0.29) is 0 Å². The standard InChI is InChI=1S/C21H17BrN4/c22-16-12-10-15(11-13-16)20(26-25-17-6-2-1-3-7-17)14-21-23-18-8-4-5-9-19(18)24-21/h1-13,25H,14H2,(H,23,24). The van der Waals surface area contributed by atoms with Gasteiger partial charge in [0.05, 0.1) is 28.9 Å². The van der Waals surface area contributed by atoms with Gasteiger partial charge in [-0.1, -0.05) is 58.4 Å². The molecule has 0 saturated carbocycles. The molecule has 0 aliphatic rings. The van der Waals surface area contributed by atoms with Gasteiger partial charge in [-0.3, -0.25) is 5.43 Å². The lowest BCUT2D eigenvalue weighted by Gasteiger charge is -2.07. The highest BCUT2D eigenvalue weighted by molar-refractivity contribution is 9.10. The number of hydrogen-bond donors (Lipinski definition) is 2. The lowest BCUT2D eigenvalue weighted by molar-refractivity contribution is 1.09. The molecule has 0 fully saturated rings. The van der Waals surface area contributed by atoms with Gasteiger partial charge in [0.2, 0.25) is 0 Å². The van der Waals surface area contributed by atoms with E-state index in [1.54, 1.807) is 0 Å². The topological polar surface area (TPSA) is 53.1 Å². The van der Waals surface area contributed by atoms with Crippen molar-refractivity contribution < 1.29 is 0 Å². The third kappa shape index (κ3) is 3.83. The smallest absolute Gasteiger partial charge is 0.113 e. The maximum absolute atomic E-state index is 4.68. The van der Waals surface area contributed by atoms with Crippen LogP contribution in [0.4, 0.5) is 5.69 Å². The molecule has 0 radical (unpaired) electrons. The molecule has 26 heavy (non-hydrogen) atoms. The summed E-state index contributed by atoms with van der Waals surface area (Å²) in [6.07, 6.45) is 0.607. The molecule has 0 saturated heterocycles. The van der Waals surface area contributed by atoms with E-state index in [9.17, 15) is 0 Å². The van der Waals surface area contributed by atoms with Crippen LogP contribution in [0.2, 0.25) is 0 Å². The molecule has 0 spiro atoms. The Bertz CT molecular complexity index is 1000. The fourth-order valence-electron chi connectivity index (χ4n) is 2.74. The van der Waals surface area contributed by atoms with E-state index < -0.39 is 0 Å². The largest absolute Gasteiger partial charge is 0.342 e. The van der Waals surface area contributed by atoms with E-state index in [1.807, 2.05) is 66.7 Å². The molecule has 0 amide bonds. The zero-order valence-electron chi connectivity index (χ0n) is 14.0. The van der Waals surface area contributed by atoms with Gasteiger partial charge in [-0.05, 0) is 42.0 Å². The number of H-pyrrole nitrogens is 1. The SMILES string of the molecule is Brc1ccc(C(Cc2nc3ccccc3[nH]2)=NNc2ccccc2)cc1. The predicted octanol–water partition coefficient (Wildman–Crippen LogP) is 5.38. The predicted molar refractivity (Wildman–Crippen MR) is 111 cm³/mol. The van der Waals surface area contributed by atoms with Gasteiger partial charge in [0.15, 0.2) is 0 Å². The highest BCUT2D eigenvalue weighted by Gasteiger charge is 2.10. The summed E-state index contributed by atoms with van der Waals surface area (Å²) < 4.78 is 1.04. The summed E-state index contributed by atoms with van der Waals surface area (Å²) in [6.45, 7) is 0. The average molecular weight is 405 g/mol. The van der Waals surface area contributed by atoms with Crippen molar-refractivity contribution in [3.05, 3.63) is 94.7 Å². The van der Waals surface area contributed by atoms with Crippen molar-refractivity contribution >= 4 is 38.4 Å². The van der Waals surface area contributed by atoms with Crippen LogP contribution < -0.4 is 5.43 Å². The van der Waals surface area contributed by atoms with Gasteiger partial charge in [-0.25, -0.2) is 4.98 Å². The van der Waals surface area contributed by atoms with Crippen LogP contribution in [0, 0.1) is 0 Å². The van der Waals surface area contributed by atoms with E-state index in [0.29, 0.717) is 6.42 Å². The van der Waals surface area contributed by atoms with E-state index in [2.05, 4.69) is 48.6 Å². The fraction of sp³-hybridized carbons (Fsp3) is 0.0476. The minimum atomic E-state index is 0.607. The number of anilines is 1. The number of imidazole rings is 1. The maximum atomic E-state index is 4.68. The van der Waals surface area contributed by atoms with Gasteiger partial charge < -0.3 is 4.98 Å². The second kappa shape index (κ2) is 7.54. The first kappa shape index (κ1) is 16.5. The second-order valence-electron chi connectivity index (χ2n) is 5.92. The lowest BCUT2D eigenvalue weighted by atomic mass is 10.1. The van der Waals surface area contributed by atoms with E-state index in [0.717, 1.165) is 38.3 Å². The third-order valence-electron chi connectivity index (χ3n) is 4.04. The monoisotopic (exact) mass is 404 g/mol. The number of halogens is 1. The molecule has 0 aliphatic heterocycles. The van der Waals surface area contributed by atoms with Crippen molar-refractivity contribution in [1.82, 2.24) is 9.97 Å². The number of nitrogens with one attached hydrogen (secondary N) is 2. The van der Waals surface area contributed by atoms with E-state index >= 15 is 0 Å². The van der Waals surface area contributed by atoms with Crippen LogP contribution in [0.15, 0.2) is 88.4 Å². The molecule has 4 nitrogen and oxygen atoms in total. The van der Waals surface area contributed by atoms with Crippen LogP contribution >= 0.6 is 15.9 Å². The van der Waals surface area contributed by atoms with Crippen molar-refractivity contribution in [2.24, 2.45) is 5.10 Å². The number of para-hydroxylation sites is 3. The molecule has 1 aromatic heterocycles. The van der Waals surface area contributed by atoms with Gasteiger partial charge in [0.1, 0.15) is 5.82 Å². The third-order valence-corrected chi connectivity index (χ3v) is 4.57. The molecule has 1 heterocycles. The van der Waals surface area contributed by atoms with Crippen molar-refractivity contribution in [2.45, 2.75) is 6.42 Å². The van der Waals surface area contributed by atoms with Crippen LogP contribution in [0.5, 0.6) is 0 Å². The summed E-state index contributed by atoms with van der Waals surface area (Å²) in [4.78, 5) is 8.05. The number of aromatic amines is 1. The van der Waals surface area contributed by atoms with Crippen LogP contribution in [0.1, 0.15) is 11.4 Å². The van der Waals surface area contributed by atoms with Crippen molar-refractivity contribution in [3.63, 3.8) is 0 Å². The summed E-state index contributed by atoms with van der Waals surface area (Å²) in [5.41, 5.74) is 8.07. The summed E-state index contributed by atoms with van der Waals surface area (Å²) >= 11 is 3.49. The second-order valence-corrected chi connectivity index (χ2v) is 6.84. The molecule has 4 aromatic rings.